The standard InChI is InChI=1S/C23H27NO2/c1-22(2)14-23(16-25)15-24(13-19(22)23)21(26)20(17-9-5-3-6-10-17)18-11-7-4-8-12-18/h3-12,19-20,25H,13-16H2,1-2H3/t19-,23-/m1/s1. The minimum absolute atomic E-state index is 0.100. The van der Waals surface area contributed by atoms with Crippen LogP contribution in [0.1, 0.15) is 37.3 Å². The van der Waals surface area contributed by atoms with Gasteiger partial charge in [-0.25, -0.2) is 0 Å². The van der Waals surface area contributed by atoms with Gasteiger partial charge in [-0.05, 0) is 28.9 Å². The summed E-state index contributed by atoms with van der Waals surface area (Å²) in [5, 5.41) is 10.0. The summed E-state index contributed by atoms with van der Waals surface area (Å²) in [5.41, 5.74) is 2.16. The minimum Gasteiger partial charge on any atom is -0.396 e. The zero-order valence-corrected chi connectivity index (χ0v) is 15.6. The van der Waals surface area contributed by atoms with Crippen molar-refractivity contribution in [1.29, 1.82) is 0 Å². The number of carbonyl (C=O) groups excluding carboxylic acids is 1. The van der Waals surface area contributed by atoms with E-state index in [-0.39, 0.29) is 29.3 Å². The summed E-state index contributed by atoms with van der Waals surface area (Å²) in [6.45, 7) is 6.11. The number of hydrogen-bond donors (Lipinski definition) is 1. The SMILES string of the molecule is CC1(C)C[C@]2(CO)CN(C(=O)C(c3ccccc3)c3ccccc3)C[C@H]12. The fourth-order valence-corrected chi connectivity index (χ4v) is 5.46. The van der Waals surface area contributed by atoms with Gasteiger partial charge in [-0.15, -0.1) is 0 Å². The number of fused-ring (bicyclic) bond motifs is 1. The summed E-state index contributed by atoms with van der Waals surface area (Å²) in [6, 6.07) is 20.1. The maximum Gasteiger partial charge on any atom is 0.234 e. The molecule has 3 nitrogen and oxygen atoms in total. The lowest BCUT2D eigenvalue weighted by Gasteiger charge is -2.55. The molecule has 0 spiro atoms. The average molecular weight is 349 g/mol. The predicted molar refractivity (Wildman–Crippen MR) is 103 cm³/mol. The monoisotopic (exact) mass is 349 g/mol. The number of aliphatic hydroxyl groups excluding tert-OH is 1. The number of amides is 1. The van der Waals surface area contributed by atoms with Gasteiger partial charge in [0.05, 0.1) is 12.5 Å². The van der Waals surface area contributed by atoms with Crippen molar-refractivity contribution in [1.82, 2.24) is 4.90 Å². The van der Waals surface area contributed by atoms with Crippen molar-refractivity contribution in [2.45, 2.75) is 26.2 Å². The maximum atomic E-state index is 13.6. The Bertz CT molecular complexity index is 747. The van der Waals surface area contributed by atoms with Gasteiger partial charge in [0.1, 0.15) is 0 Å². The van der Waals surface area contributed by atoms with Crippen LogP contribution in [0.25, 0.3) is 0 Å². The third kappa shape index (κ3) is 2.66. The molecule has 1 saturated carbocycles. The van der Waals surface area contributed by atoms with Gasteiger partial charge < -0.3 is 10.0 Å². The zero-order valence-electron chi connectivity index (χ0n) is 15.6. The van der Waals surface area contributed by atoms with Crippen molar-refractivity contribution in [2.75, 3.05) is 19.7 Å². The van der Waals surface area contributed by atoms with E-state index < -0.39 is 0 Å². The third-order valence-electron chi connectivity index (χ3n) is 6.54. The minimum atomic E-state index is -0.284. The molecule has 0 unspecified atom stereocenters. The van der Waals surface area contributed by atoms with Crippen LogP contribution in [0, 0.1) is 16.7 Å². The molecule has 2 fully saturated rings. The topological polar surface area (TPSA) is 40.5 Å². The van der Waals surface area contributed by atoms with Crippen molar-refractivity contribution >= 4 is 5.91 Å². The molecule has 3 heteroatoms. The molecule has 0 radical (unpaired) electrons. The molecule has 1 N–H and O–H groups in total. The lowest BCUT2D eigenvalue weighted by Crippen LogP contribution is -2.54. The van der Waals surface area contributed by atoms with Crippen molar-refractivity contribution in [2.24, 2.45) is 16.7 Å². The van der Waals surface area contributed by atoms with Crippen molar-refractivity contribution in [3.05, 3.63) is 71.8 Å². The molecular formula is C23H27NO2. The van der Waals surface area contributed by atoms with E-state index in [2.05, 4.69) is 13.8 Å². The smallest absolute Gasteiger partial charge is 0.234 e. The Morgan fingerprint density at radius 3 is 2.04 bits per heavy atom. The Kier molecular flexibility index (Phi) is 4.15. The van der Waals surface area contributed by atoms with Crippen LogP contribution >= 0.6 is 0 Å². The molecular weight excluding hydrogens is 322 g/mol. The highest BCUT2D eigenvalue weighted by Crippen LogP contribution is 2.62. The predicted octanol–water partition coefficient (Wildman–Crippen LogP) is 3.69. The zero-order chi connectivity index (χ0) is 18.4. The molecule has 2 aromatic carbocycles. The van der Waals surface area contributed by atoms with Gasteiger partial charge in [-0.1, -0.05) is 74.5 Å². The summed E-state index contributed by atoms with van der Waals surface area (Å²) in [7, 11) is 0. The Hall–Kier alpha value is -2.13. The van der Waals surface area contributed by atoms with Crippen LogP contribution in [0.3, 0.4) is 0 Å². The number of aliphatic hydroxyl groups is 1. The van der Waals surface area contributed by atoms with Gasteiger partial charge in [-0.2, -0.15) is 0 Å². The molecule has 0 aromatic heterocycles. The normalized spacial score (nSPS) is 26.5. The average Bonchev–Trinajstić information content (AvgIpc) is 2.99. The van der Waals surface area contributed by atoms with Crippen LogP contribution in [0.15, 0.2) is 60.7 Å². The largest absolute Gasteiger partial charge is 0.396 e. The van der Waals surface area contributed by atoms with Gasteiger partial charge in [0.2, 0.25) is 5.91 Å². The second kappa shape index (κ2) is 6.24. The summed E-state index contributed by atoms with van der Waals surface area (Å²) < 4.78 is 0. The number of benzene rings is 2. The summed E-state index contributed by atoms with van der Waals surface area (Å²) >= 11 is 0. The summed E-state index contributed by atoms with van der Waals surface area (Å²) in [4.78, 5) is 15.6. The summed E-state index contributed by atoms with van der Waals surface area (Å²) in [5.74, 6) is 0.255. The van der Waals surface area contributed by atoms with Crippen LogP contribution in [-0.2, 0) is 4.79 Å². The van der Waals surface area contributed by atoms with E-state index in [0.717, 1.165) is 24.1 Å². The molecule has 1 aliphatic heterocycles. The number of rotatable bonds is 4. The van der Waals surface area contributed by atoms with Crippen LogP contribution in [0.4, 0.5) is 0 Å². The molecule has 2 aromatic rings. The highest BCUT2D eigenvalue weighted by atomic mass is 16.3. The lowest BCUT2D eigenvalue weighted by atomic mass is 9.48. The van der Waals surface area contributed by atoms with E-state index in [4.69, 9.17) is 0 Å². The summed E-state index contributed by atoms with van der Waals surface area (Å²) in [6.07, 6.45) is 0.992. The van der Waals surface area contributed by atoms with Crippen LogP contribution in [0.5, 0.6) is 0 Å². The fourth-order valence-electron chi connectivity index (χ4n) is 5.46. The molecule has 136 valence electrons. The quantitative estimate of drug-likeness (QED) is 0.915. The second-order valence-electron chi connectivity index (χ2n) is 8.71. The van der Waals surface area contributed by atoms with E-state index in [0.29, 0.717) is 12.5 Å². The van der Waals surface area contributed by atoms with Crippen molar-refractivity contribution < 1.29 is 9.90 Å². The number of carbonyl (C=O) groups is 1. The van der Waals surface area contributed by atoms with Gasteiger partial charge in [0.15, 0.2) is 0 Å². The molecule has 26 heavy (non-hydrogen) atoms. The molecule has 4 rings (SSSR count). The van der Waals surface area contributed by atoms with E-state index in [1.54, 1.807) is 0 Å². The maximum absolute atomic E-state index is 13.6. The third-order valence-corrected chi connectivity index (χ3v) is 6.54. The molecule has 1 heterocycles. The second-order valence-corrected chi connectivity index (χ2v) is 8.71. The first kappa shape index (κ1) is 17.3. The molecule has 2 aliphatic rings. The van der Waals surface area contributed by atoms with E-state index in [1.807, 2.05) is 65.6 Å². The Morgan fingerprint density at radius 2 is 1.62 bits per heavy atom. The molecule has 1 saturated heterocycles. The Morgan fingerprint density at radius 1 is 1.08 bits per heavy atom. The van der Waals surface area contributed by atoms with E-state index >= 15 is 0 Å². The molecule has 1 amide bonds. The van der Waals surface area contributed by atoms with E-state index in [1.165, 1.54) is 0 Å². The first-order valence-electron chi connectivity index (χ1n) is 9.46. The number of nitrogens with zero attached hydrogens (tertiary/aromatic N) is 1. The Balaban J connectivity index is 1.66. The van der Waals surface area contributed by atoms with Gasteiger partial charge >= 0.3 is 0 Å². The van der Waals surface area contributed by atoms with Crippen LogP contribution in [0.2, 0.25) is 0 Å². The first-order valence-corrected chi connectivity index (χ1v) is 9.46. The number of likely N-dealkylation sites (tertiary alicyclic amines) is 1. The van der Waals surface area contributed by atoms with Gasteiger partial charge in [0.25, 0.3) is 0 Å². The van der Waals surface area contributed by atoms with Gasteiger partial charge in [-0.3, -0.25) is 4.79 Å². The van der Waals surface area contributed by atoms with Crippen molar-refractivity contribution in [3.63, 3.8) is 0 Å². The van der Waals surface area contributed by atoms with Gasteiger partial charge in [0, 0.05) is 18.5 Å². The first-order chi connectivity index (χ1) is 12.5. The highest BCUT2D eigenvalue weighted by Gasteiger charge is 2.63. The molecule has 0 bridgehead atoms. The molecule has 1 aliphatic carbocycles. The molecule has 2 atom stereocenters. The number of hydrogen-bond acceptors (Lipinski definition) is 2. The van der Waals surface area contributed by atoms with Crippen LogP contribution < -0.4 is 0 Å². The van der Waals surface area contributed by atoms with Crippen molar-refractivity contribution in [3.8, 4) is 0 Å². The fraction of sp³-hybridized carbons (Fsp3) is 0.435. The van der Waals surface area contributed by atoms with E-state index in [9.17, 15) is 9.90 Å². The lowest BCUT2D eigenvalue weighted by molar-refractivity contribution is -0.131. The van der Waals surface area contributed by atoms with Crippen LogP contribution in [-0.4, -0.2) is 35.6 Å². The highest BCUT2D eigenvalue weighted by molar-refractivity contribution is 5.87. The Labute approximate surface area is 155 Å².